The molecule has 1 aromatic carbocycles. The van der Waals surface area contributed by atoms with Crippen molar-refractivity contribution in [3.05, 3.63) is 35.9 Å². The second-order valence-corrected chi connectivity index (χ2v) is 2.99. The van der Waals surface area contributed by atoms with Crippen LogP contribution in [-0.2, 0) is 9.53 Å². The lowest BCUT2D eigenvalue weighted by Gasteiger charge is -2.00. The van der Waals surface area contributed by atoms with Crippen molar-refractivity contribution < 1.29 is 14.4 Å². The van der Waals surface area contributed by atoms with Crippen LogP contribution in [0.4, 0.5) is 0 Å². The fourth-order valence-corrected chi connectivity index (χ4v) is 1.19. The number of fused-ring (bicyclic) bond motifs is 1. The number of nitrogens with zero attached hydrogens (tertiary/aromatic N) is 1. The van der Waals surface area contributed by atoms with Gasteiger partial charge in [0.05, 0.1) is 0 Å². The monoisotopic (exact) mass is 203 g/mol. The number of hydrogen-bond donors (Lipinski definition) is 0. The maximum Gasteiger partial charge on any atom is 0.309 e. The van der Waals surface area contributed by atoms with Gasteiger partial charge < -0.3 is 9.57 Å². The summed E-state index contributed by atoms with van der Waals surface area (Å²) in [5, 5.41) is 3.69. The first-order chi connectivity index (χ1) is 7.25. The summed E-state index contributed by atoms with van der Waals surface area (Å²) in [6.45, 7) is 1.31. The molecule has 0 aliphatic carbocycles. The van der Waals surface area contributed by atoms with E-state index in [1.165, 1.54) is 6.92 Å². The molecule has 0 unspecified atom stereocenters. The first-order valence-electron chi connectivity index (χ1n) is 4.46. The zero-order valence-electron chi connectivity index (χ0n) is 8.14. The van der Waals surface area contributed by atoms with Crippen LogP contribution in [0.5, 0.6) is 5.75 Å². The van der Waals surface area contributed by atoms with Crippen molar-refractivity contribution in [2.75, 3.05) is 0 Å². The Hall–Kier alpha value is -2.10. The Morgan fingerprint density at radius 2 is 2.13 bits per heavy atom. The fraction of sp³-hybridized carbons (Fsp3) is 0.0909. The summed E-state index contributed by atoms with van der Waals surface area (Å²) < 4.78 is 4.80. The largest absolute Gasteiger partial charge is 0.404 e. The highest BCUT2D eigenvalue weighted by Crippen LogP contribution is 2.21. The lowest BCUT2D eigenvalue weighted by atomic mass is 10.2. The number of oxime groups is 1. The van der Waals surface area contributed by atoms with Gasteiger partial charge in [-0.15, -0.1) is 0 Å². The molecular weight excluding hydrogens is 194 g/mol. The van der Waals surface area contributed by atoms with Crippen molar-refractivity contribution in [2.45, 2.75) is 6.92 Å². The summed E-state index contributed by atoms with van der Waals surface area (Å²) >= 11 is 0. The maximum atomic E-state index is 10.7. The molecule has 76 valence electrons. The second kappa shape index (κ2) is 3.96. The zero-order chi connectivity index (χ0) is 10.7. The molecule has 2 rings (SSSR count). The highest BCUT2D eigenvalue weighted by atomic mass is 16.7. The Labute approximate surface area is 86.8 Å². The lowest BCUT2D eigenvalue weighted by Crippen LogP contribution is -2.07. The van der Waals surface area contributed by atoms with Gasteiger partial charge >= 0.3 is 5.97 Å². The van der Waals surface area contributed by atoms with Crippen molar-refractivity contribution >= 4 is 17.9 Å². The molecule has 4 heteroatoms. The number of esters is 1. The van der Waals surface area contributed by atoms with E-state index in [9.17, 15) is 4.79 Å². The quantitative estimate of drug-likeness (QED) is 0.605. The van der Waals surface area contributed by atoms with Crippen molar-refractivity contribution in [1.82, 2.24) is 0 Å². The van der Waals surface area contributed by atoms with Crippen LogP contribution < -0.4 is 4.84 Å². The molecule has 4 nitrogen and oxygen atoms in total. The zero-order valence-corrected chi connectivity index (χ0v) is 8.14. The molecule has 0 bridgehead atoms. The van der Waals surface area contributed by atoms with Crippen molar-refractivity contribution in [2.24, 2.45) is 5.16 Å². The minimum absolute atomic E-state index is 0.152. The molecule has 1 heterocycles. The normalized spacial score (nSPS) is 13.3. The summed E-state index contributed by atoms with van der Waals surface area (Å²) in [5.41, 5.74) is 0.892. The number of rotatable bonds is 0. The number of benzene rings is 1. The molecule has 1 aliphatic rings. The number of ether oxygens (including phenoxy) is 1. The first kappa shape index (κ1) is 9.45. The van der Waals surface area contributed by atoms with Crippen LogP contribution in [0.3, 0.4) is 0 Å². The van der Waals surface area contributed by atoms with Gasteiger partial charge in [-0.1, -0.05) is 18.2 Å². The lowest BCUT2D eigenvalue weighted by molar-refractivity contribution is -0.133. The SMILES string of the molecule is CC(=O)OC1=NOc2ccccc2C=C1. The predicted octanol–water partition coefficient (Wildman–Crippen LogP) is 1.97. The van der Waals surface area contributed by atoms with E-state index in [0.29, 0.717) is 5.75 Å². The van der Waals surface area contributed by atoms with Crippen LogP contribution in [0, 0.1) is 0 Å². The van der Waals surface area contributed by atoms with Crippen LogP contribution in [0.15, 0.2) is 35.5 Å². The molecule has 0 spiro atoms. The average molecular weight is 203 g/mol. The van der Waals surface area contributed by atoms with Crippen LogP contribution in [0.1, 0.15) is 12.5 Å². The minimum atomic E-state index is -0.423. The van der Waals surface area contributed by atoms with Gasteiger partial charge in [0.15, 0.2) is 5.75 Å². The number of para-hydroxylation sites is 1. The molecule has 15 heavy (non-hydrogen) atoms. The Morgan fingerprint density at radius 1 is 1.33 bits per heavy atom. The number of carbonyl (C=O) groups excluding carboxylic acids is 1. The van der Waals surface area contributed by atoms with Gasteiger partial charge in [-0.25, -0.2) is 0 Å². The number of hydrogen-bond acceptors (Lipinski definition) is 4. The van der Waals surface area contributed by atoms with Gasteiger partial charge in [-0.05, 0) is 17.3 Å². The van der Waals surface area contributed by atoms with E-state index in [0.717, 1.165) is 5.56 Å². The third-order valence-electron chi connectivity index (χ3n) is 1.81. The Balaban J connectivity index is 2.25. The summed E-state index contributed by atoms with van der Waals surface area (Å²) in [6, 6.07) is 7.42. The van der Waals surface area contributed by atoms with E-state index in [2.05, 4.69) is 5.16 Å². The summed E-state index contributed by atoms with van der Waals surface area (Å²) in [7, 11) is 0. The van der Waals surface area contributed by atoms with E-state index in [4.69, 9.17) is 9.57 Å². The first-order valence-corrected chi connectivity index (χ1v) is 4.46. The molecule has 0 saturated carbocycles. The minimum Gasteiger partial charge on any atom is -0.404 e. The third kappa shape index (κ3) is 2.22. The molecule has 0 N–H and O–H groups in total. The van der Waals surface area contributed by atoms with E-state index in [1.54, 1.807) is 18.2 Å². The molecule has 0 aromatic heterocycles. The highest BCUT2D eigenvalue weighted by Gasteiger charge is 2.07. The van der Waals surface area contributed by atoms with E-state index < -0.39 is 5.97 Å². The van der Waals surface area contributed by atoms with Crippen LogP contribution in [-0.4, -0.2) is 11.9 Å². The smallest absolute Gasteiger partial charge is 0.309 e. The van der Waals surface area contributed by atoms with Gasteiger partial charge in [0.25, 0.3) is 5.90 Å². The molecule has 0 fully saturated rings. The van der Waals surface area contributed by atoms with E-state index in [1.807, 2.05) is 18.2 Å². The van der Waals surface area contributed by atoms with Crippen molar-refractivity contribution in [1.29, 1.82) is 0 Å². The van der Waals surface area contributed by atoms with Crippen LogP contribution in [0.2, 0.25) is 0 Å². The molecule has 1 aliphatic heterocycles. The Bertz CT molecular complexity index is 449. The summed E-state index contributed by atoms with van der Waals surface area (Å²) in [6.07, 6.45) is 3.37. The van der Waals surface area contributed by atoms with Crippen LogP contribution >= 0.6 is 0 Å². The molecule has 0 radical (unpaired) electrons. The topological polar surface area (TPSA) is 47.9 Å². The molecule has 0 saturated heterocycles. The van der Waals surface area contributed by atoms with E-state index in [-0.39, 0.29) is 5.90 Å². The van der Waals surface area contributed by atoms with Gasteiger partial charge in [-0.2, -0.15) is 0 Å². The molecule has 0 atom stereocenters. The summed E-state index contributed by atoms with van der Waals surface area (Å²) in [4.78, 5) is 15.8. The highest BCUT2D eigenvalue weighted by molar-refractivity contribution is 5.98. The van der Waals surface area contributed by atoms with Crippen LogP contribution in [0.25, 0.3) is 6.08 Å². The van der Waals surface area contributed by atoms with Gasteiger partial charge in [0.1, 0.15) is 0 Å². The Morgan fingerprint density at radius 3 is 2.93 bits per heavy atom. The van der Waals surface area contributed by atoms with Crippen molar-refractivity contribution in [3.8, 4) is 5.75 Å². The second-order valence-electron chi connectivity index (χ2n) is 2.99. The van der Waals surface area contributed by atoms with Gasteiger partial charge in [0, 0.05) is 18.6 Å². The molecule has 1 aromatic rings. The standard InChI is InChI=1S/C11H9NO3/c1-8(13)14-11-7-6-9-4-2-3-5-10(9)15-12-11/h2-7H,1H3. The average Bonchev–Trinajstić information content (AvgIpc) is 2.41. The van der Waals surface area contributed by atoms with E-state index >= 15 is 0 Å². The predicted molar refractivity (Wildman–Crippen MR) is 55.3 cm³/mol. The molecular formula is C11H9NO3. The maximum absolute atomic E-state index is 10.7. The van der Waals surface area contributed by atoms with Gasteiger partial charge in [0.2, 0.25) is 0 Å². The Kier molecular flexibility index (Phi) is 2.49. The fourth-order valence-electron chi connectivity index (χ4n) is 1.19. The third-order valence-corrected chi connectivity index (χ3v) is 1.81. The number of carbonyl (C=O) groups is 1. The molecule has 0 amide bonds. The van der Waals surface area contributed by atoms with Gasteiger partial charge in [-0.3, -0.25) is 4.79 Å². The van der Waals surface area contributed by atoms with Crippen molar-refractivity contribution in [3.63, 3.8) is 0 Å². The summed E-state index contributed by atoms with van der Waals surface area (Å²) in [5.74, 6) is 0.363.